The predicted molar refractivity (Wildman–Crippen MR) is 67.5 cm³/mol. The highest BCUT2D eigenvalue weighted by Gasteiger charge is 2.23. The van der Waals surface area contributed by atoms with Gasteiger partial charge in [-0.25, -0.2) is 4.57 Å². The van der Waals surface area contributed by atoms with Gasteiger partial charge in [0.25, 0.3) is 0 Å². The van der Waals surface area contributed by atoms with E-state index in [0.29, 0.717) is 18.9 Å². The minimum absolute atomic E-state index is 0.320. The second-order valence-electron chi connectivity index (χ2n) is 3.17. The van der Waals surface area contributed by atoms with Crippen LogP contribution in [0.15, 0.2) is 24.3 Å². The van der Waals surface area contributed by atoms with E-state index in [2.05, 4.69) is 5.09 Å². The Hall–Kier alpha value is -1.03. The van der Waals surface area contributed by atoms with Crippen molar-refractivity contribution in [3.05, 3.63) is 24.3 Å². The third kappa shape index (κ3) is 4.38. The average molecular weight is 259 g/mol. The van der Waals surface area contributed by atoms with Gasteiger partial charge in [0.05, 0.1) is 20.3 Å². The van der Waals surface area contributed by atoms with Crippen LogP contribution in [0.4, 0.5) is 5.69 Å². The topological polar surface area (TPSA) is 56.8 Å². The fourth-order valence-corrected chi connectivity index (χ4v) is 2.61. The van der Waals surface area contributed by atoms with Gasteiger partial charge in [-0.2, -0.15) is 0 Å². The van der Waals surface area contributed by atoms with Gasteiger partial charge in [0.2, 0.25) is 0 Å². The standard InChI is InChI=1S/C11H18NO4P/c1-4-15-17(13,16-5-2)12-10-6-8-11(14-3)9-7-10/h6-9H,4-5H2,1-3H3,(H,12,13). The average Bonchev–Trinajstić information content (AvgIpc) is 2.30. The summed E-state index contributed by atoms with van der Waals surface area (Å²) >= 11 is 0. The summed E-state index contributed by atoms with van der Waals surface area (Å²) in [6, 6.07) is 7.04. The lowest BCUT2D eigenvalue weighted by Crippen LogP contribution is -2.04. The fraction of sp³-hybridized carbons (Fsp3) is 0.455. The van der Waals surface area contributed by atoms with E-state index in [4.69, 9.17) is 13.8 Å². The van der Waals surface area contributed by atoms with Crippen molar-refractivity contribution < 1.29 is 18.3 Å². The van der Waals surface area contributed by atoms with E-state index in [1.54, 1.807) is 45.2 Å². The fourth-order valence-electron chi connectivity index (χ4n) is 1.27. The third-order valence-corrected chi connectivity index (χ3v) is 3.68. The van der Waals surface area contributed by atoms with E-state index in [-0.39, 0.29) is 0 Å². The Kier molecular flexibility index (Phi) is 5.48. The Bertz CT molecular complexity index is 370. The number of ether oxygens (including phenoxy) is 1. The van der Waals surface area contributed by atoms with Crippen LogP contribution in [0, 0.1) is 0 Å². The summed E-state index contributed by atoms with van der Waals surface area (Å²) in [6.07, 6.45) is 0. The minimum Gasteiger partial charge on any atom is -0.497 e. The molecule has 0 radical (unpaired) electrons. The molecule has 0 atom stereocenters. The first-order valence-corrected chi connectivity index (χ1v) is 6.99. The van der Waals surface area contributed by atoms with Crippen molar-refractivity contribution in [3.63, 3.8) is 0 Å². The van der Waals surface area contributed by atoms with Crippen molar-refractivity contribution in [2.75, 3.05) is 25.4 Å². The van der Waals surface area contributed by atoms with Gasteiger partial charge >= 0.3 is 7.75 Å². The lowest BCUT2D eigenvalue weighted by atomic mass is 10.3. The molecule has 0 unspecified atom stereocenters. The van der Waals surface area contributed by atoms with Crippen LogP contribution in [0.2, 0.25) is 0 Å². The van der Waals surface area contributed by atoms with Gasteiger partial charge < -0.3 is 4.74 Å². The molecule has 1 aromatic rings. The Balaban J connectivity index is 2.75. The molecule has 0 aliphatic heterocycles. The maximum absolute atomic E-state index is 12.2. The molecule has 6 heteroatoms. The molecule has 0 heterocycles. The maximum atomic E-state index is 12.2. The first-order valence-electron chi connectivity index (χ1n) is 5.45. The molecule has 0 aromatic heterocycles. The van der Waals surface area contributed by atoms with Crippen LogP contribution in [-0.2, 0) is 13.6 Å². The highest BCUT2D eigenvalue weighted by atomic mass is 31.2. The molecule has 0 amide bonds. The van der Waals surface area contributed by atoms with Crippen molar-refractivity contribution in [2.24, 2.45) is 0 Å². The van der Waals surface area contributed by atoms with Crippen molar-refractivity contribution in [1.82, 2.24) is 0 Å². The van der Waals surface area contributed by atoms with Crippen LogP contribution in [0.1, 0.15) is 13.8 Å². The zero-order valence-corrected chi connectivity index (χ0v) is 11.2. The van der Waals surface area contributed by atoms with Gasteiger partial charge in [0, 0.05) is 5.69 Å². The molecule has 0 saturated carbocycles. The zero-order valence-electron chi connectivity index (χ0n) is 10.3. The zero-order chi connectivity index (χ0) is 12.7. The second kappa shape index (κ2) is 6.64. The van der Waals surface area contributed by atoms with Crippen molar-refractivity contribution in [2.45, 2.75) is 13.8 Å². The summed E-state index contributed by atoms with van der Waals surface area (Å²) in [7, 11) is -1.66. The Morgan fingerprint density at radius 1 is 1.12 bits per heavy atom. The van der Waals surface area contributed by atoms with E-state index in [9.17, 15) is 4.57 Å². The van der Waals surface area contributed by atoms with Gasteiger partial charge in [0.15, 0.2) is 0 Å². The molecule has 0 saturated heterocycles. The largest absolute Gasteiger partial charge is 0.497 e. The monoisotopic (exact) mass is 259 g/mol. The molecule has 1 aromatic carbocycles. The summed E-state index contributed by atoms with van der Waals surface area (Å²) in [4.78, 5) is 0. The van der Waals surface area contributed by atoms with Crippen LogP contribution in [0.25, 0.3) is 0 Å². The number of methoxy groups -OCH3 is 1. The van der Waals surface area contributed by atoms with Crippen LogP contribution in [0.5, 0.6) is 5.75 Å². The van der Waals surface area contributed by atoms with Crippen LogP contribution in [0.3, 0.4) is 0 Å². The van der Waals surface area contributed by atoms with Gasteiger partial charge in [-0.3, -0.25) is 14.1 Å². The van der Waals surface area contributed by atoms with Crippen LogP contribution in [-0.4, -0.2) is 20.3 Å². The number of nitrogens with one attached hydrogen (secondary N) is 1. The highest BCUT2D eigenvalue weighted by Crippen LogP contribution is 2.47. The normalized spacial score (nSPS) is 11.2. The van der Waals surface area contributed by atoms with Crippen molar-refractivity contribution >= 4 is 13.4 Å². The number of benzene rings is 1. The summed E-state index contributed by atoms with van der Waals surface area (Å²) in [5.74, 6) is 0.734. The Morgan fingerprint density at radius 2 is 1.65 bits per heavy atom. The van der Waals surface area contributed by atoms with Crippen molar-refractivity contribution in [1.29, 1.82) is 0 Å². The predicted octanol–water partition coefficient (Wildman–Crippen LogP) is 3.29. The Morgan fingerprint density at radius 3 is 2.06 bits per heavy atom. The maximum Gasteiger partial charge on any atom is 0.432 e. The van der Waals surface area contributed by atoms with Gasteiger partial charge in [-0.05, 0) is 38.1 Å². The van der Waals surface area contributed by atoms with E-state index in [1.807, 2.05) is 0 Å². The molecule has 1 N–H and O–H groups in total. The molecule has 0 bridgehead atoms. The molecular formula is C11H18NO4P. The number of anilines is 1. The Labute approximate surface area is 102 Å². The number of rotatable bonds is 7. The first-order chi connectivity index (χ1) is 8.13. The van der Waals surface area contributed by atoms with E-state index in [0.717, 1.165) is 5.75 Å². The minimum atomic E-state index is -3.26. The summed E-state index contributed by atoms with van der Waals surface area (Å²) < 4.78 is 27.4. The number of hydrogen-bond acceptors (Lipinski definition) is 4. The molecule has 1 rings (SSSR count). The SMILES string of the molecule is CCOP(=O)(Nc1ccc(OC)cc1)OCC. The van der Waals surface area contributed by atoms with Crippen molar-refractivity contribution in [3.8, 4) is 5.75 Å². The van der Waals surface area contributed by atoms with Gasteiger partial charge in [-0.1, -0.05) is 0 Å². The lowest BCUT2D eigenvalue weighted by Gasteiger charge is -2.18. The lowest BCUT2D eigenvalue weighted by molar-refractivity contribution is 0.225. The van der Waals surface area contributed by atoms with Gasteiger partial charge in [0.1, 0.15) is 5.75 Å². The van der Waals surface area contributed by atoms with E-state index in [1.165, 1.54) is 0 Å². The molecule has 0 aliphatic rings. The summed E-state index contributed by atoms with van der Waals surface area (Å²) in [5.41, 5.74) is 0.663. The molecule has 0 aliphatic carbocycles. The van der Waals surface area contributed by atoms with Gasteiger partial charge in [-0.15, -0.1) is 0 Å². The molecule has 0 spiro atoms. The van der Waals surface area contributed by atoms with Crippen LogP contribution >= 0.6 is 7.75 Å². The molecule has 5 nitrogen and oxygen atoms in total. The van der Waals surface area contributed by atoms with E-state index >= 15 is 0 Å². The molecule has 0 fully saturated rings. The quantitative estimate of drug-likeness (QED) is 0.761. The number of hydrogen-bond donors (Lipinski definition) is 1. The molecular weight excluding hydrogens is 241 g/mol. The van der Waals surface area contributed by atoms with Crippen LogP contribution < -0.4 is 9.82 Å². The second-order valence-corrected chi connectivity index (χ2v) is 4.91. The molecule has 96 valence electrons. The highest BCUT2D eigenvalue weighted by molar-refractivity contribution is 7.55. The summed E-state index contributed by atoms with van der Waals surface area (Å²) in [6.45, 7) is 4.17. The molecule has 17 heavy (non-hydrogen) atoms. The smallest absolute Gasteiger partial charge is 0.432 e. The third-order valence-electron chi connectivity index (χ3n) is 1.95. The summed E-state index contributed by atoms with van der Waals surface area (Å²) in [5, 5.41) is 2.76. The van der Waals surface area contributed by atoms with E-state index < -0.39 is 7.75 Å². The first kappa shape index (κ1) is 14.0.